The third kappa shape index (κ3) is 6.45. The Morgan fingerprint density at radius 1 is 0.889 bits per heavy atom. The second-order valence-corrected chi connectivity index (χ2v) is 5.32. The van der Waals surface area contributed by atoms with Gasteiger partial charge in [0.05, 0.1) is 0 Å². The van der Waals surface area contributed by atoms with Crippen molar-refractivity contribution in [2.75, 3.05) is 23.3 Å². The minimum atomic E-state index is -0.802. The molecule has 0 aliphatic heterocycles. The van der Waals surface area contributed by atoms with E-state index in [0.717, 1.165) is 5.69 Å². The molecule has 0 spiro atoms. The number of aromatic amines is 3. The molecule has 0 fully saturated rings. The molecule has 0 saturated carbocycles. The topological polar surface area (TPSA) is 201 Å². The summed E-state index contributed by atoms with van der Waals surface area (Å²) in [6.45, 7) is 2.77. The average Bonchev–Trinajstić information content (AvgIpc) is 2.55. The van der Waals surface area contributed by atoms with Gasteiger partial charge in [0.25, 0.3) is 0 Å². The van der Waals surface area contributed by atoms with Crippen molar-refractivity contribution in [2.24, 2.45) is 0 Å². The van der Waals surface area contributed by atoms with Gasteiger partial charge < -0.3 is 16.8 Å². The van der Waals surface area contributed by atoms with Gasteiger partial charge in [-0.25, -0.2) is 14.4 Å². The van der Waals surface area contributed by atoms with Gasteiger partial charge in [0.15, 0.2) is 0 Å². The number of nitrogens with one attached hydrogen (secondary N) is 4. The van der Waals surface area contributed by atoms with E-state index in [1.165, 1.54) is 5.56 Å². The maximum atomic E-state index is 10.2. The van der Waals surface area contributed by atoms with Crippen molar-refractivity contribution >= 4 is 17.6 Å². The second kappa shape index (κ2) is 8.94. The molecule has 3 aromatic rings. The highest BCUT2D eigenvalue weighted by Gasteiger charge is 2.02. The number of nitrogens with zero attached hydrogens (tertiary/aromatic N) is 3. The van der Waals surface area contributed by atoms with Crippen LogP contribution in [-0.2, 0) is 6.42 Å². The average molecular weight is 373 g/mol. The number of hydrogen-bond acceptors (Lipinski definition) is 9. The maximum absolute atomic E-state index is 10.2. The standard InChI is InChI=1S/C12H16N6.C3H3N3O3/c1-8-4-2-3-5-9(8)15-7-6-10-16-11(13)18-12(14)17-10;7-1-4-2(8)6-3(9)5-1/h2-5,15H,6-7H2,1H3,(H4,13,14,16,17,18);(H3,4,5,6,7,8,9). The molecule has 0 bridgehead atoms. The summed E-state index contributed by atoms with van der Waals surface area (Å²) in [7, 11) is 0. The predicted octanol–water partition coefficient (Wildman–Crippen LogP) is -1.25. The van der Waals surface area contributed by atoms with Crippen molar-refractivity contribution in [3.05, 3.63) is 67.1 Å². The number of rotatable bonds is 4. The summed E-state index contributed by atoms with van der Waals surface area (Å²) in [5.74, 6) is 0.919. The van der Waals surface area contributed by atoms with Gasteiger partial charge in [-0.2, -0.15) is 15.0 Å². The zero-order valence-electron chi connectivity index (χ0n) is 14.4. The van der Waals surface area contributed by atoms with Gasteiger partial charge in [0, 0.05) is 18.7 Å². The maximum Gasteiger partial charge on any atom is 0.330 e. The van der Waals surface area contributed by atoms with E-state index in [4.69, 9.17) is 11.5 Å². The zero-order chi connectivity index (χ0) is 19.8. The lowest BCUT2D eigenvalue weighted by Gasteiger charge is -2.08. The van der Waals surface area contributed by atoms with E-state index >= 15 is 0 Å². The van der Waals surface area contributed by atoms with Gasteiger partial charge in [0.1, 0.15) is 5.82 Å². The summed E-state index contributed by atoms with van der Waals surface area (Å²) in [4.78, 5) is 47.7. The first kappa shape index (κ1) is 19.4. The van der Waals surface area contributed by atoms with Crippen molar-refractivity contribution < 1.29 is 0 Å². The fourth-order valence-corrected chi connectivity index (χ4v) is 2.05. The molecule has 0 saturated heterocycles. The quantitative estimate of drug-likeness (QED) is 0.323. The van der Waals surface area contributed by atoms with Crippen LogP contribution < -0.4 is 33.9 Å². The third-order valence-electron chi connectivity index (χ3n) is 3.21. The molecule has 0 radical (unpaired) electrons. The Labute approximate surface area is 152 Å². The normalized spacial score (nSPS) is 9.96. The predicted molar refractivity (Wildman–Crippen MR) is 100 cm³/mol. The fourth-order valence-electron chi connectivity index (χ4n) is 2.05. The van der Waals surface area contributed by atoms with Gasteiger partial charge in [-0.05, 0) is 18.6 Å². The van der Waals surface area contributed by atoms with E-state index in [-0.39, 0.29) is 11.9 Å². The minimum Gasteiger partial charge on any atom is -0.384 e. The van der Waals surface area contributed by atoms with Crippen LogP contribution in [0.1, 0.15) is 11.4 Å². The summed E-state index contributed by atoms with van der Waals surface area (Å²) in [5, 5.41) is 3.32. The summed E-state index contributed by atoms with van der Waals surface area (Å²) in [5.41, 5.74) is 10.9. The molecule has 12 heteroatoms. The Morgan fingerprint density at radius 3 is 1.93 bits per heavy atom. The van der Waals surface area contributed by atoms with Crippen LogP contribution in [0.3, 0.4) is 0 Å². The van der Waals surface area contributed by atoms with E-state index in [9.17, 15) is 14.4 Å². The Hall–Kier alpha value is -3.96. The summed E-state index contributed by atoms with van der Waals surface area (Å²) in [6, 6.07) is 8.09. The number of hydrogen-bond donors (Lipinski definition) is 6. The molecule has 27 heavy (non-hydrogen) atoms. The number of nitrogens with two attached hydrogens (primary N) is 2. The number of benzene rings is 1. The molecule has 8 N–H and O–H groups in total. The van der Waals surface area contributed by atoms with E-state index in [2.05, 4.69) is 33.3 Å². The Kier molecular flexibility index (Phi) is 6.41. The van der Waals surface area contributed by atoms with Crippen LogP contribution in [0, 0.1) is 6.92 Å². The first-order valence-corrected chi connectivity index (χ1v) is 7.82. The van der Waals surface area contributed by atoms with Crippen LogP contribution >= 0.6 is 0 Å². The minimum absolute atomic E-state index is 0.161. The van der Waals surface area contributed by atoms with Gasteiger partial charge in [0.2, 0.25) is 11.9 Å². The lowest BCUT2D eigenvalue weighted by Crippen LogP contribution is -2.34. The van der Waals surface area contributed by atoms with Crippen LogP contribution in [0.15, 0.2) is 38.6 Å². The van der Waals surface area contributed by atoms with Gasteiger partial charge >= 0.3 is 17.1 Å². The number of anilines is 3. The van der Waals surface area contributed by atoms with Crippen molar-refractivity contribution in [1.82, 2.24) is 29.9 Å². The van der Waals surface area contributed by atoms with E-state index in [1.54, 1.807) is 15.0 Å². The smallest absolute Gasteiger partial charge is 0.330 e. The molecular formula is C15H19N9O3. The summed E-state index contributed by atoms with van der Waals surface area (Å²) < 4.78 is 0. The summed E-state index contributed by atoms with van der Waals surface area (Å²) in [6.07, 6.45) is 0.644. The molecule has 2 aromatic heterocycles. The van der Waals surface area contributed by atoms with Gasteiger partial charge in [-0.1, -0.05) is 18.2 Å². The number of H-pyrrole nitrogens is 3. The number of aromatic nitrogens is 6. The van der Waals surface area contributed by atoms with Crippen molar-refractivity contribution in [3.63, 3.8) is 0 Å². The number of para-hydroxylation sites is 1. The van der Waals surface area contributed by atoms with Gasteiger partial charge in [-0.15, -0.1) is 0 Å². The van der Waals surface area contributed by atoms with E-state index in [0.29, 0.717) is 18.8 Å². The molecule has 142 valence electrons. The van der Waals surface area contributed by atoms with Crippen LogP contribution in [-0.4, -0.2) is 36.4 Å². The Balaban J connectivity index is 0.000000244. The molecule has 0 amide bonds. The molecule has 1 aromatic carbocycles. The number of aryl methyl sites for hydroxylation is 1. The molecule has 0 aliphatic rings. The second-order valence-electron chi connectivity index (χ2n) is 5.32. The molecule has 0 atom stereocenters. The van der Waals surface area contributed by atoms with Crippen molar-refractivity contribution in [2.45, 2.75) is 13.3 Å². The van der Waals surface area contributed by atoms with E-state index in [1.807, 2.05) is 18.2 Å². The molecule has 12 nitrogen and oxygen atoms in total. The highest BCUT2D eigenvalue weighted by molar-refractivity contribution is 5.50. The first-order valence-electron chi connectivity index (χ1n) is 7.82. The van der Waals surface area contributed by atoms with Crippen molar-refractivity contribution in [1.29, 1.82) is 0 Å². The highest BCUT2D eigenvalue weighted by Crippen LogP contribution is 2.12. The zero-order valence-corrected chi connectivity index (χ0v) is 14.4. The fraction of sp³-hybridized carbons (Fsp3) is 0.200. The van der Waals surface area contributed by atoms with E-state index < -0.39 is 17.1 Å². The molecule has 0 unspecified atom stereocenters. The largest absolute Gasteiger partial charge is 0.384 e. The molecule has 0 aliphatic carbocycles. The Bertz CT molecular complexity index is 972. The van der Waals surface area contributed by atoms with Crippen LogP contribution in [0.25, 0.3) is 0 Å². The van der Waals surface area contributed by atoms with Gasteiger partial charge in [-0.3, -0.25) is 15.0 Å². The summed E-state index contributed by atoms with van der Waals surface area (Å²) >= 11 is 0. The van der Waals surface area contributed by atoms with Crippen molar-refractivity contribution in [3.8, 4) is 0 Å². The third-order valence-corrected chi connectivity index (χ3v) is 3.21. The molecule has 3 rings (SSSR count). The van der Waals surface area contributed by atoms with Crippen LogP contribution in [0.5, 0.6) is 0 Å². The highest BCUT2D eigenvalue weighted by atomic mass is 16.2. The molecular weight excluding hydrogens is 354 g/mol. The van der Waals surface area contributed by atoms with Crippen LogP contribution in [0.2, 0.25) is 0 Å². The lowest BCUT2D eigenvalue weighted by molar-refractivity contribution is 0.878. The Morgan fingerprint density at radius 2 is 1.41 bits per heavy atom. The monoisotopic (exact) mass is 373 g/mol. The first-order chi connectivity index (χ1) is 12.8. The number of nitrogen functional groups attached to an aromatic ring is 2. The van der Waals surface area contributed by atoms with Crippen LogP contribution in [0.4, 0.5) is 17.6 Å². The molecule has 2 heterocycles. The SMILES string of the molecule is Cc1ccccc1NCCc1nc(N)nc(N)n1.O=c1[nH]c(=O)[nH]c(=O)[nH]1. The lowest BCUT2D eigenvalue weighted by atomic mass is 10.2.